The Kier molecular flexibility index (Phi) is 8.80. The monoisotopic (exact) mass is 574 g/mol. The zero-order valence-electron chi connectivity index (χ0n) is 21.1. The van der Waals surface area contributed by atoms with E-state index in [0.717, 1.165) is 34.5 Å². The highest BCUT2D eigenvalue weighted by atomic mass is 32.1. The predicted octanol–water partition coefficient (Wildman–Crippen LogP) is 4.02. The quantitative estimate of drug-likeness (QED) is 0.217. The summed E-state index contributed by atoms with van der Waals surface area (Å²) in [4.78, 5) is 30.6. The van der Waals surface area contributed by atoms with Crippen molar-refractivity contribution < 1.29 is 32.6 Å². The number of nitrogens with one attached hydrogen (secondary N) is 4. The summed E-state index contributed by atoms with van der Waals surface area (Å²) in [6.45, 7) is 3.80. The molecule has 14 heteroatoms. The molecule has 0 saturated carbocycles. The van der Waals surface area contributed by atoms with Crippen molar-refractivity contribution in [2.24, 2.45) is 0 Å². The number of fused-ring (bicyclic) bond motifs is 1. The number of hydrogen-bond donors (Lipinski definition) is 5. The third-order valence-electron chi connectivity index (χ3n) is 6.08. The van der Waals surface area contributed by atoms with E-state index in [0.29, 0.717) is 29.2 Å². The Morgan fingerprint density at radius 3 is 2.45 bits per heavy atom. The van der Waals surface area contributed by atoms with Crippen LogP contribution in [0, 0.1) is 11.7 Å². The number of carboxylic acid groups (broad SMARTS) is 1. The fourth-order valence-corrected chi connectivity index (χ4v) is 4.36. The van der Waals surface area contributed by atoms with Crippen molar-refractivity contribution in [2.45, 2.75) is 31.7 Å². The molecule has 210 valence electrons. The fourth-order valence-electron chi connectivity index (χ4n) is 4.21. The number of benzene rings is 2. The Bertz CT molecular complexity index is 1550. The molecular weight excluding hydrogens is 549 g/mol. The molecule has 0 aliphatic carbocycles. The lowest BCUT2D eigenvalue weighted by molar-refractivity contribution is -0.192. The molecule has 1 aliphatic rings. The number of amides is 1. The molecule has 40 heavy (non-hydrogen) atoms. The molecular formula is C26H25F3N6O4S. The number of aromatic amines is 2. The number of H-pyrrole nitrogens is 2. The maximum absolute atomic E-state index is 12.8. The number of para-hydroxylation sites is 1. The van der Waals surface area contributed by atoms with Crippen molar-refractivity contribution in [1.29, 1.82) is 0 Å². The number of aromatic nitrogens is 4. The van der Waals surface area contributed by atoms with Gasteiger partial charge in [-0.05, 0) is 55.5 Å². The Morgan fingerprint density at radius 1 is 1.10 bits per heavy atom. The molecule has 0 spiro atoms. The van der Waals surface area contributed by atoms with E-state index < -0.39 is 12.1 Å². The average molecular weight is 575 g/mol. The van der Waals surface area contributed by atoms with Crippen LogP contribution in [-0.4, -0.2) is 62.5 Å². The van der Waals surface area contributed by atoms with Gasteiger partial charge >= 0.3 is 12.1 Å². The molecule has 1 saturated heterocycles. The SMILES string of the molecule is Cc1cc(COc2ccc(C(=O)N[C@@H]3CNC[C@@H]3c3nc(=S)[nH][nH]3)cc2)c2ccccc2n1.O=C(O)C(F)(F)F. The highest BCUT2D eigenvalue weighted by Gasteiger charge is 2.38. The normalized spacial score (nSPS) is 16.7. The largest absolute Gasteiger partial charge is 0.490 e. The van der Waals surface area contributed by atoms with E-state index in [4.69, 9.17) is 26.9 Å². The average Bonchev–Trinajstić information content (AvgIpc) is 3.55. The van der Waals surface area contributed by atoms with Gasteiger partial charge in [-0.1, -0.05) is 18.2 Å². The van der Waals surface area contributed by atoms with Crippen LogP contribution in [0.5, 0.6) is 5.75 Å². The molecule has 5 rings (SSSR count). The number of carboxylic acids is 1. The summed E-state index contributed by atoms with van der Waals surface area (Å²) in [5.41, 5.74) is 3.57. The zero-order chi connectivity index (χ0) is 28.9. The van der Waals surface area contributed by atoms with E-state index in [1.807, 2.05) is 43.3 Å². The van der Waals surface area contributed by atoms with Crippen LogP contribution in [0.1, 0.15) is 33.4 Å². The molecule has 0 radical (unpaired) electrons. The lowest BCUT2D eigenvalue weighted by Gasteiger charge is -2.18. The van der Waals surface area contributed by atoms with Gasteiger partial charge in [0, 0.05) is 35.3 Å². The minimum Gasteiger partial charge on any atom is -0.489 e. The van der Waals surface area contributed by atoms with Crippen LogP contribution in [-0.2, 0) is 11.4 Å². The third-order valence-corrected chi connectivity index (χ3v) is 6.28. The Hall–Kier alpha value is -4.30. The van der Waals surface area contributed by atoms with Crippen LogP contribution in [0.3, 0.4) is 0 Å². The molecule has 1 amide bonds. The molecule has 5 N–H and O–H groups in total. The maximum atomic E-state index is 12.8. The number of ether oxygens (including phenoxy) is 1. The molecule has 3 heterocycles. The minimum absolute atomic E-state index is 0.0307. The number of nitrogens with zero attached hydrogens (tertiary/aromatic N) is 2. The lowest BCUT2D eigenvalue weighted by atomic mass is 10.0. The van der Waals surface area contributed by atoms with Gasteiger partial charge in [0.15, 0.2) is 0 Å². The molecule has 2 atom stereocenters. The van der Waals surface area contributed by atoms with Gasteiger partial charge in [-0.25, -0.2) is 9.78 Å². The van der Waals surface area contributed by atoms with Gasteiger partial charge in [-0.2, -0.15) is 13.2 Å². The van der Waals surface area contributed by atoms with Crippen molar-refractivity contribution in [3.8, 4) is 5.75 Å². The van der Waals surface area contributed by atoms with E-state index >= 15 is 0 Å². The second kappa shape index (κ2) is 12.3. The van der Waals surface area contributed by atoms with E-state index in [1.165, 1.54) is 0 Å². The number of halogens is 3. The highest BCUT2D eigenvalue weighted by Crippen LogP contribution is 2.22. The summed E-state index contributed by atoms with van der Waals surface area (Å²) in [5, 5.41) is 20.4. The van der Waals surface area contributed by atoms with Crippen molar-refractivity contribution in [3.05, 3.63) is 82.0 Å². The summed E-state index contributed by atoms with van der Waals surface area (Å²) in [6.07, 6.45) is -5.08. The van der Waals surface area contributed by atoms with Crippen LogP contribution >= 0.6 is 12.2 Å². The molecule has 2 aromatic heterocycles. The van der Waals surface area contributed by atoms with Crippen molar-refractivity contribution in [1.82, 2.24) is 30.8 Å². The second-order valence-corrected chi connectivity index (χ2v) is 9.34. The summed E-state index contributed by atoms with van der Waals surface area (Å²) < 4.78 is 38.2. The Morgan fingerprint density at radius 2 is 1.80 bits per heavy atom. The van der Waals surface area contributed by atoms with Gasteiger partial charge < -0.3 is 20.5 Å². The van der Waals surface area contributed by atoms with Crippen LogP contribution in [0.4, 0.5) is 13.2 Å². The molecule has 10 nitrogen and oxygen atoms in total. The van der Waals surface area contributed by atoms with Gasteiger partial charge in [0.05, 0.1) is 17.5 Å². The molecule has 0 bridgehead atoms. The van der Waals surface area contributed by atoms with Crippen molar-refractivity contribution >= 4 is 35.0 Å². The molecule has 1 aliphatic heterocycles. The lowest BCUT2D eigenvalue weighted by Crippen LogP contribution is -2.39. The van der Waals surface area contributed by atoms with E-state index in [9.17, 15) is 18.0 Å². The number of alkyl halides is 3. The predicted molar refractivity (Wildman–Crippen MR) is 142 cm³/mol. The minimum atomic E-state index is -5.08. The number of hydrogen-bond acceptors (Lipinski definition) is 7. The topological polar surface area (TPSA) is 145 Å². The molecule has 0 unspecified atom stereocenters. The Labute approximate surface area is 231 Å². The van der Waals surface area contributed by atoms with Crippen molar-refractivity contribution in [3.63, 3.8) is 0 Å². The number of carbonyl (C=O) groups excluding carboxylic acids is 1. The zero-order valence-corrected chi connectivity index (χ0v) is 21.9. The first kappa shape index (κ1) is 28.7. The van der Waals surface area contributed by atoms with E-state index in [1.54, 1.807) is 12.1 Å². The number of carbonyl (C=O) groups is 2. The van der Waals surface area contributed by atoms with Gasteiger partial charge in [0.25, 0.3) is 5.91 Å². The van der Waals surface area contributed by atoms with Crippen LogP contribution in [0.2, 0.25) is 0 Å². The maximum Gasteiger partial charge on any atom is 0.490 e. The fraction of sp³-hybridized carbons (Fsp3) is 0.269. The highest BCUT2D eigenvalue weighted by molar-refractivity contribution is 7.71. The number of pyridine rings is 1. The van der Waals surface area contributed by atoms with Crippen LogP contribution in [0.15, 0.2) is 54.6 Å². The van der Waals surface area contributed by atoms with Gasteiger partial charge in [-0.3, -0.25) is 20.0 Å². The molecule has 1 fully saturated rings. The van der Waals surface area contributed by atoms with Crippen molar-refractivity contribution in [2.75, 3.05) is 13.1 Å². The summed E-state index contributed by atoms with van der Waals surface area (Å²) in [6, 6.07) is 17.2. The van der Waals surface area contributed by atoms with Crippen LogP contribution in [0.25, 0.3) is 10.9 Å². The van der Waals surface area contributed by atoms with E-state index in [2.05, 4.69) is 36.9 Å². The van der Waals surface area contributed by atoms with Gasteiger partial charge in [-0.15, -0.1) is 0 Å². The summed E-state index contributed by atoms with van der Waals surface area (Å²) >= 11 is 5.04. The smallest absolute Gasteiger partial charge is 0.489 e. The second-order valence-electron chi connectivity index (χ2n) is 8.95. The first-order valence-corrected chi connectivity index (χ1v) is 12.5. The summed E-state index contributed by atoms with van der Waals surface area (Å²) in [7, 11) is 0. The molecule has 2 aromatic carbocycles. The Balaban J connectivity index is 0.000000470. The van der Waals surface area contributed by atoms with Crippen LogP contribution < -0.4 is 15.4 Å². The van der Waals surface area contributed by atoms with E-state index in [-0.39, 0.29) is 17.9 Å². The number of rotatable bonds is 6. The third kappa shape index (κ3) is 7.21. The molecule has 4 aromatic rings. The standard InChI is InChI=1S/C24H24N6O2S.C2HF3O2/c1-14-10-16(18-4-2-3-5-20(18)26-14)13-32-17-8-6-15(7-9-17)23(31)27-21-12-25-11-19(21)22-28-24(33)30-29-22;3-2(4,5)1(6)7/h2-10,19,21,25H,11-13H2,1H3,(H,27,31)(H2,28,29,30,33);(H,6,7)/t19-,21+;/m0./s1. The first-order valence-electron chi connectivity index (χ1n) is 12.1. The first-order chi connectivity index (χ1) is 19.0. The number of aryl methyl sites for hydroxylation is 1. The van der Waals surface area contributed by atoms with Gasteiger partial charge in [0.2, 0.25) is 4.77 Å². The number of aliphatic carboxylic acids is 1. The van der Waals surface area contributed by atoms with Gasteiger partial charge in [0.1, 0.15) is 18.2 Å². The summed E-state index contributed by atoms with van der Waals surface area (Å²) in [5.74, 6) is -1.41.